The molecule has 0 bridgehead atoms. The Morgan fingerprint density at radius 1 is 1.37 bits per heavy atom. The Balaban J connectivity index is 2.30. The molecular weight excluding hydrogens is 236 g/mol. The van der Waals surface area contributed by atoms with E-state index in [4.69, 9.17) is 0 Å². The monoisotopic (exact) mass is 262 g/mol. The van der Waals surface area contributed by atoms with Crippen molar-refractivity contribution in [1.29, 1.82) is 0 Å². The van der Waals surface area contributed by atoms with E-state index in [-0.39, 0.29) is 0 Å². The van der Waals surface area contributed by atoms with Crippen molar-refractivity contribution in [3.05, 3.63) is 11.9 Å². The van der Waals surface area contributed by atoms with Crippen LogP contribution in [0.4, 0.5) is 11.6 Å². The second kappa shape index (κ2) is 6.22. The van der Waals surface area contributed by atoms with E-state index < -0.39 is 0 Å². The molecule has 1 N–H and O–H groups in total. The minimum atomic E-state index is 0.429. The highest BCUT2D eigenvalue weighted by Crippen LogP contribution is 2.34. The quantitative estimate of drug-likeness (QED) is 0.853. The zero-order valence-corrected chi connectivity index (χ0v) is 12.6. The standard InChI is InChI=1S/C15H26N4/c1-5-9-16-14-13(11(2)3)15(18-10-17-14)19(4)12-7-6-8-12/h10-12H,5-9H2,1-4H3,(H,16,17,18). The Morgan fingerprint density at radius 3 is 2.63 bits per heavy atom. The summed E-state index contributed by atoms with van der Waals surface area (Å²) in [5.41, 5.74) is 1.25. The molecule has 0 amide bonds. The minimum absolute atomic E-state index is 0.429. The predicted octanol–water partition coefficient (Wildman–Crippen LogP) is 3.41. The molecule has 19 heavy (non-hydrogen) atoms. The normalized spacial score (nSPS) is 15.4. The summed E-state index contributed by atoms with van der Waals surface area (Å²) in [4.78, 5) is 11.3. The van der Waals surface area contributed by atoms with Crippen LogP contribution in [-0.4, -0.2) is 29.6 Å². The third-order valence-corrected chi connectivity index (χ3v) is 3.94. The van der Waals surface area contributed by atoms with Gasteiger partial charge in [0, 0.05) is 25.2 Å². The molecule has 1 heterocycles. The first-order chi connectivity index (χ1) is 9.15. The van der Waals surface area contributed by atoms with Gasteiger partial charge in [-0.25, -0.2) is 9.97 Å². The smallest absolute Gasteiger partial charge is 0.137 e. The van der Waals surface area contributed by atoms with Crippen LogP contribution >= 0.6 is 0 Å². The number of nitrogens with zero attached hydrogens (tertiary/aromatic N) is 3. The van der Waals surface area contributed by atoms with Gasteiger partial charge in [0.2, 0.25) is 0 Å². The predicted molar refractivity (Wildman–Crippen MR) is 80.9 cm³/mol. The molecule has 0 unspecified atom stereocenters. The van der Waals surface area contributed by atoms with Gasteiger partial charge >= 0.3 is 0 Å². The van der Waals surface area contributed by atoms with Crippen LogP contribution in [0.5, 0.6) is 0 Å². The van der Waals surface area contributed by atoms with Gasteiger partial charge in [-0.2, -0.15) is 0 Å². The van der Waals surface area contributed by atoms with Crippen LogP contribution in [0.25, 0.3) is 0 Å². The molecule has 2 rings (SSSR count). The highest BCUT2D eigenvalue weighted by molar-refractivity contribution is 5.60. The van der Waals surface area contributed by atoms with Gasteiger partial charge in [0.25, 0.3) is 0 Å². The first-order valence-electron chi connectivity index (χ1n) is 7.46. The lowest BCUT2D eigenvalue weighted by molar-refractivity contribution is 0.398. The SMILES string of the molecule is CCCNc1ncnc(N(C)C2CCC2)c1C(C)C. The molecule has 1 aliphatic carbocycles. The first kappa shape index (κ1) is 14.1. The summed E-state index contributed by atoms with van der Waals surface area (Å²) in [6, 6.07) is 0.659. The Labute approximate surface area is 116 Å². The van der Waals surface area contributed by atoms with Crippen molar-refractivity contribution in [2.45, 2.75) is 58.4 Å². The molecule has 4 nitrogen and oxygen atoms in total. The average molecular weight is 262 g/mol. The molecule has 1 aliphatic rings. The molecule has 106 valence electrons. The van der Waals surface area contributed by atoms with Crippen molar-refractivity contribution in [3.8, 4) is 0 Å². The molecule has 4 heteroatoms. The van der Waals surface area contributed by atoms with Gasteiger partial charge in [0.15, 0.2) is 0 Å². The fourth-order valence-electron chi connectivity index (χ4n) is 2.53. The summed E-state index contributed by atoms with van der Waals surface area (Å²) in [6.45, 7) is 7.57. The molecule has 1 aromatic rings. The van der Waals surface area contributed by atoms with Gasteiger partial charge in [-0.3, -0.25) is 0 Å². The first-order valence-corrected chi connectivity index (χ1v) is 7.46. The van der Waals surface area contributed by atoms with Crippen molar-refractivity contribution in [3.63, 3.8) is 0 Å². The summed E-state index contributed by atoms with van der Waals surface area (Å²) in [5.74, 6) is 2.54. The lowest BCUT2D eigenvalue weighted by atomic mass is 9.91. The number of anilines is 2. The highest BCUT2D eigenvalue weighted by Gasteiger charge is 2.26. The Hall–Kier alpha value is -1.32. The van der Waals surface area contributed by atoms with Gasteiger partial charge in [-0.15, -0.1) is 0 Å². The molecule has 1 fully saturated rings. The van der Waals surface area contributed by atoms with Crippen LogP contribution in [0.3, 0.4) is 0 Å². The van der Waals surface area contributed by atoms with E-state index in [0.717, 1.165) is 24.6 Å². The van der Waals surface area contributed by atoms with E-state index in [1.54, 1.807) is 6.33 Å². The molecular formula is C15H26N4. The van der Waals surface area contributed by atoms with E-state index in [2.05, 4.69) is 48.0 Å². The van der Waals surface area contributed by atoms with Crippen LogP contribution in [0, 0.1) is 0 Å². The topological polar surface area (TPSA) is 41.1 Å². The van der Waals surface area contributed by atoms with Crippen molar-refractivity contribution in [1.82, 2.24) is 9.97 Å². The van der Waals surface area contributed by atoms with Gasteiger partial charge in [-0.1, -0.05) is 20.8 Å². The van der Waals surface area contributed by atoms with E-state index in [9.17, 15) is 0 Å². The molecule has 0 aliphatic heterocycles. The molecule has 0 atom stereocenters. The van der Waals surface area contributed by atoms with E-state index in [0.29, 0.717) is 12.0 Å². The van der Waals surface area contributed by atoms with Crippen LogP contribution < -0.4 is 10.2 Å². The van der Waals surface area contributed by atoms with Crippen molar-refractivity contribution < 1.29 is 0 Å². The molecule has 0 radical (unpaired) electrons. The van der Waals surface area contributed by atoms with Crippen LogP contribution in [0.1, 0.15) is 57.9 Å². The number of aromatic nitrogens is 2. The minimum Gasteiger partial charge on any atom is -0.370 e. The van der Waals surface area contributed by atoms with Gasteiger partial charge in [0.1, 0.15) is 18.0 Å². The average Bonchev–Trinajstić information content (AvgIpc) is 2.33. The Morgan fingerprint density at radius 2 is 2.11 bits per heavy atom. The lowest BCUT2D eigenvalue weighted by Crippen LogP contribution is -2.38. The number of hydrogen-bond acceptors (Lipinski definition) is 4. The highest BCUT2D eigenvalue weighted by atomic mass is 15.2. The third-order valence-electron chi connectivity index (χ3n) is 3.94. The summed E-state index contributed by atoms with van der Waals surface area (Å²) in [7, 11) is 2.17. The maximum atomic E-state index is 4.55. The number of hydrogen-bond donors (Lipinski definition) is 1. The maximum Gasteiger partial charge on any atom is 0.137 e. The molecule has 1 saturated carbocycles. The van der Waals surface area contributed by atoms with E-state index in [1.807, 2.05) is 0 Å². The van der Waals surface area contributed by atoms with Crippen molar-refractivity contribution in [2.24, 2.45) is 0 Å². The van der Waals surface area contributed by atoms with Crippen LogP contribution in [-0.2, 0) is 0 Å². The summed E-state index contributed by atoms with van der Waals surface area (Å²) in [5, 5.41) is 3.44. The summed E-state index contributed by atoms with van der Waals surface area (Å²) >= 11 is 0. The maximum absolute atomic E-state index is 4.55. The third kappa shape index (κ3) is 2.99. The second-order valence-electron chi connectivity index (χ2n) is 5.74. The van der Waals surface area contributed by atoms with Crippen molar-refractivity contribution in [2.75, 3.05) is 23.8 Å². The fraction of sp³-hybridized carbons (Fsp3) is 0.733. The largest absolute Gasteiger partial charge is 0.370 e. The van der Waals surface area contributed by atoms with Crippen molar-refractivity contribution >= 4 is 11.6 Å². The van der Waals surface area contributed by atoms with Crippen LogP contribution in [0.2, 0.25) is 0 Å². The van der Waals surface area contributed by atoms with Gasteiger partial charge in [0.05, 0.1) is 0 Å². The van der Waals surface area contributed by atoms with E-state index in [1.165, 1.54) is 24.8 Å². The fourth-order valence-corrected chi connectivity index (χ4v) is 2.53. The molecule has 0 spiro atoms. The van der Waals surface area contributed by atoms with Gasteiger partial charge < -0.3 is 10.2 Å². The zero-order chi connectivity index (χ0) is 13.8. The van der Waals surface area contributed by atoms with E-state index >= 15 is 0 Å². The molecule has 0 aromatic carbocycles. The second-order valence-corrected chi connectivity index (χ2v) is 5.74. The summed E-state index contributed by atoms with van der Waals surface area (Å²) < 4.78 is 0. The Bertz CT molecular complexity index is 413. The lowest BCUT2D eigenvalue weighted by Gasteiger charge is -2.37. The Kier molecular flexibility index (Phi) is 4.61. The summed E-state index contributed by atoms with van der Waals surface area (Å²) in [6.07, 6.45) is 6.72. The molecule has 0 saturated heterocycles. The van der Waals surface area contributed by atoms with Crippen LogP contribution in [0.15, 0.2) is 6.33 Å². The molecule has 1 aromatic heterocycles. The number of rotatable bonds is 6. The number of nitrogens with one attached hydrogen (secondary N) is 1. The van der Waals surface area contributed by atoms with Gasteiger partial charge in [-0.05, 0) is 31.6 Å². The zero-order valence-electron chi connectivity index (χ0n) is 12.6.